The topological polar surface area (TPSA) is 50.8 Å². The Labute approximate surface area is 182 Å². The van der Waals surface area contributed by atoms with Crippen LogP contribution in [0, 0.1) is 5.92 Å². The summed E-state index contributed by atoms with van der Waals surface area (Å²) in [5.41, 5.74) is 0.148. The highest BCUT2D eigenvalue weighted by molar-refractivity contribution is 5.97. The molecule has 1 aromatic rings. The number of rotatable bonds is 10. The molecule has 1 aliphatic heterocycles. The van der Waals surface area contributed by atoms with Crippen molar-refractivity contribution in [1.82, 2.24) is 4.90 Å². The van der Waals surface area contributed by atoms with Crippen LogP contribution in [0.25, 0.3) is 0 Å². The Kier molecular flexibility index (Phi) is 9.01. The molecule has 5 nitrogen and oxygen atoms in total. The average Bonchev–Trinajstić information content (AvgIpc) is 2.77. The maximum absolute atomic E-state index is 13.0. The Morgan fingerprint density at radius 2 is 1.90 bits per heavy atom. The molecule has 1 saturated carbocycles. The maximum atomic E-state index is 13.0. The van der Waals surface area contributed by atoms with Gasteiger partial charge in [-0.15, -0.1) is 0 Å². The number of likely N-dealkylation sites (tertiary alicyclic amines) is 1. The van der Waals surface area contributed by atoms with Gasteiger partial charge in [0.25, 0.3) is 5.91 Å². The van der Waals surface area contributed by atoms with Gasteiger partial charge in [-0.1, -0.05) is 33.1 Å². The number of hydrogen-bond donors (Lipinski definition) is 1. The zero-order chi connectivity index (χ0) is 21.2. The second-order valence-corrected chi connectivity index (χ2v) is 9.13. The lowest BCUT2D eigenvalue weighted by Crippen LogP contribution is -2.47. The van der Waals surface area contributed by atoms with Crippen molar-refractivity contribution in [2.75, 3.05) is 38.2 Å². The molecule has 30 heavy (non-hydrogen) atoms. The van der Waals surface area contributed by atoms with E-state index in [1.165, 1.54) is 32.4 Å². The SMILES string of the molecule is CCCOC1(C(=O)Nc2ccc(OCCCN3CCC[C@H](C)C3)cc2)CCCCC1. The van der Waals surface area contributed by atoms with E-state index < -0.39 is 5.60 Å². The van der Waals surface area contributed by atoms with Gasteiger partial charge in [-0.05, 0) is 75.3 Å². The minimum absolute atomic E-state index is 0.0000725. The normalized spacial score (nSPS) is 21.9. The molecule has 3 rings (SSSR count). The van der Waals surface area contributed by atoms with Gasteiger partial charge in [0, 0.05) is 25.4 Å². The van der Waals surface area contributed by atoms with Crippen LogP contribution in [0.1, 0.15) is 71.6 Å². The zero-order valence-corrected chi connectivity index (χ0v) is 19.0. The van der Waals surface area contributed by atoms with Gasteiger partial charge in [-0.2, -0.15) is 0 Å². The Hall–Kier alpha value is -1.59. The molecule has 1 amide bonds. The molecule has 5 heteroatoms. The lowest BCUT2D eigenvalue weighted by molar-refractivity contribution is -0.146. The van der Waals surface area contributed by atoms with E-state index in [4.69, 9.17) is 9.47 Å². The Morgan fingerprint density at radius 1 is 1.13 bits per heavy atom. The molecule has 2 aliphatic rings. The summed E-state index contributed by atoms with van der Waals surface area (Å²) in [5, 5.41) is 3.08. The second kappa shape index (κ2) is 11.7. The largest absolute Gasteiger partial charge is 0.494 e. The molecular formula is C25H40N2O3. The van der Waals surface area contributed by atoms with Crippen LogP contribution in [-0.2, 0) is 9.53 Å². The standard InChI is InChI=1S/C25H40N2O3/c1-3-18-30-25(14-5-4-6-15-25)24(28)26-22-10-12-23(13-11-22)29-19-8-17-27-16-7-9-21(2)20-27/h10-13,21H,3-9,14-20H2,1-2H3,(H,26,28)/t21-/m0/s1. The number of carbonyl (C=O) groups excluding carboxylic acids is 1. The predicted molar refractivity (Wildman–Crippen MR) is 122 cm³/mol. The summed E-state index contributed by atoms with van der Waals surface area (Å²) in [6, 6.07) is 7.74. The van der Waals surface area contributed by atoms with Crippen molar-refractivity contribution < 1.29 is 14.3 Å². The average molecular weight is 417 g/mol. The molecule has 1 saturated heterocycles. The van der Waals surface area contributed by atoms with Crippen LogP contribution in [0.15, 0.2) is 24.3 Å². The summed E-state index contributed by atoms with van der Waals surface area (Å²) in [4.78, 5) is 15.5. The molecule has 2 fully saturated rings. The molecule has 0 spiro atoms. The van der Waals surface area contributed by atoms with Crippen molar-refractivity contribution in [1.29, 1.82) is 0 Å². The number of carbonyl (C=O) groups is 1. The van der Waals surface area contributed by atoms with E-state index in [1.54, 1.807) is 0 Å². The first-order chi connectivity index (χ1) is 14.6. The summed E-state index contributed by atoms with van der Waals surface area (Å²) in [7, 11) is 0. The van der Waals surface area contributed by atoms with Crippen molar-refractivity contribution >= 4 is 11.6 Å². The van der Waals surface area contributed by atoms with Gasteiger partial charge in [-0.25, -0.2) is 0 Å². The fourth-order valence-corrected chi connectivity index (χ4v) is 4.70. The fraction of sp³-hybridized carbons (Fsp3) is 0.720. The molecule has 168 valence electrons. The Morgan fingerprint density at radius 3 is 2.60 bits per heavy atom. The van der Waals surface area contributed by atoms with E-state index in [1.807, 2.05) is 24.3 Å². The molecule has 1 heterocycles. The summed E-state index contributed by atoms with van der Waals surface area (Å²) < 4.78 is 12.0. The maximum Gasteiger partial charge on any atom is 0.256 e. The number of ether oxygens (including phenoxy) is 2. The number of anilines is 1. The molecular weight excluding hydrogens is 376 g/mol. The smallest absolute Gasteiger partial charge is 0.256 e. The molecule has 0 aromatic heterocycles. The van der Waals surface area contributed by atoms with Crippen molar-refractivity contribution in [3.63, 3.8) is 0 Å². The number of nitrogens with one attached hydrogen (secondary N) is 1. The molecule has 1 atom stereocenters. The van der Waals surface area contributed by atoms with Crippen LogP contribution in [0.5, 0.6) is 5.75 Å². The summed E-state index contributed by atoms with van der Waals surface area (Å²) in [6.07, 6.45) is 9.58. The Balaban J connectivity index is 1.43. The highest BCUT2D eigenvalue weighted by atomic mass is 16.5. The summed E-state index contributed by atoms with van der Waals surface area (Å²) in [5.74, 6) is 1.68. The van der Waals surface area contributed by atoms with Gasteiger partial charge in [0.15, 0.2) is 0 Å². The van der Waals surface area contributed by atoms with Gasteiger partial charge < -0.3 is 19.7 Å². The minimum Gasteiger partial charge on any atom is -0.494 e. The van der Waals surface area contributed by atoms with Crippen LogP contribution in [-0.4, -0.2) is 49.3 Å². The molecule has 1 N–H and O–H groups in total. The van der Waals surface area contributed by atoms with Crippen LogP contribution in [0.4, 0.5) is 5.69 Å². The first-order valence-electron chi connectivity index (χ1n) is 12.0. The van der Waals surface area contributed by atoms with Crippen molar-refractivity contribution in [2.45, 2.75) is 77.2 Å². The van der Waals surface area contributed by atoms with Crippen LogP contribution < -0.4 is 10.1 Å². The number of benzene rings is 1. The lowest BCUT2D eigenvalue weighted by atomic mass is 9.83. The number of nitrogens with zero attached hydrogens (tertiary/aromatic N) is 1. The number of piperidine rings is 1. The van der Waals surface area contributed by atoms with Gasteiger partial charge in [-0.3, -0.25) is 4.79 Å². The number of amides is 1. The molecule has 0 bridgehead atoms. The molecule has 1 aromatic carbocycles. The quantitative estimate of drug-likeness (QED) is 0.529. The van der Waals surface area contributed by atoms with Crippen molar-refractivity contribution in [2.24, 2.45) is 5.92 Å². The van der Waals surface area contributed by atoms with Crippen LogP contribution in [0.2, 0.25) is 0 Å². The molecule has 1 aliphatic carbocycles. The third kappa shape index (κ3) is 6.71. The first kappa shape index (κ1) is 23.1. The van der Waals surface area contributed by atoms with E-state index in [2.05, 4.69) is 24.1 Å². The van der Waals surface area contributed by atoms with E-state index in [0.29, 0.717) is 6.61 Å². The van der Waals surface area contributed by atoms with E-state index in [-0.39, 0.29) is 5.91 Å². The van der Waals surface area contributed by atoms with Gasteiger partial charge in [0.1, 0.15) is 11.4 Å². The monoisotopic (exact) mass is 416 g/mol. The third-order valence-electron chi connectivity index (χ3n) is 6.40. The van der Waals surface area contributed by atoms with Crippen LogP contribution >= 0.6 is 0 Å². The highest BCUT2D eigenvalue weighted by Gasteiger charge is 2.40. The van der Waals surface area contributed by atoms with E-state index in [9.17, 15) is 4.79 Å². The highest BCUT2D eigenvalue weighted by Crippen LogP contribution is 2.33. The van der Waals surface area contributed by atoms with Gasteiger partial charge in [0.2, 0.25) is 0 Å². The number of hydrogen-bond acceptors (Lipinski definition) is 4. The van der Waals surface area contributed by atoms with Crippen molar-refractivity contribution in [3.8, 4) is 5.75 Å². The summed E-state index contributed by atoms with van der Waals surface area (Å²) in [6.45, 7) is 9.34. The fourth-order valence-electron chi connectivity index (χ4n) is 4.70. The Bertz CT molecular complexity index is 640. The second-order valence-electron chi connectivity index (χ2n) is 9.13. The lowest BCUT2D eigenvalue weighted by Gasteiger charge is -2.35. The molecule has 0 unspecified atom stereocenters. The third-order valence-corrected chi connectivity index (χ3v) is 6.40. The first-order valence-corrected chi connectivity index (χ1v) is 12.0. The van der Waals surface area contributed by atoms with Crippen LogP contribution in [0.3, 0.4) is 0 Å². The van der Waals surface area contributed by atoms with E-state index >= 15 is 0 Å². The zero-order valence-electron chi connectivity index (χ0n) is 19.0. The van der Waals surface area contributed by atoms with Gasteiger partial charge >= 0.3 is 0 Å². The molecule has 0 radical (unpaired) electrons. The van der Waals surface area contributed by atoms with Crippen molar-refractivity contribution in [3.05, 3.63) is 24.3 Å². The summed E-state index contributed by atoms with van der Waals surface area (Å²) >= 11 is 0. The van der Waals surface area contributed by atoms with E-state index in [0.717, 1.165) is 69.0 Å². The minimum atomic E-state index is -0.657. The predicted octanol–water partition coefficient (Wildman–Crippen LogP) is 5.26. The van der Waals surface area contributed by atoms with Gasteiger partial charge in [0.05, 0.1) is 6.61 Å².